The van der Waals surface area contributed by atoms with E-state index in [2.05, 4.69) is 4.98 Å². The summed E-state index contributed by atoms with van der Waals surface area (Å²) in [6.07, 6.45) is 1.69. The standard InChI is InChI=1S/C14H19N3O2/c1-3-16(8-9-18)14(19)11(2)17-10-15-12-6-4-5-7-13(12)17/h4-7,10-11,18H,3,8-9H2,1-2H3. The molecule has 1 amide bonds. The highest BCUT2D eigenvalue weighted by molar-refractivity contribution is 5.83. The minimum absolute atomic E-state index is 0.000275. The molecular weight excluding hydrogens is 242 g/mol. The Hall–Kier alpha value is -1.88. The zero-order chi connectivity index (χ0) is 13.8. The first-order chi connectivity index (χ1) is 9.19. The van der Waals surface area contributed by atoms with E-state index in [-0.39, 0.29) is 18.6 Å². The molecule has 0 radical (unpaired) electrons. The first-order valence-corrected chi connectivity index (χ1v) is 6.50. The minimum atomic E-state index is -0.320. The number of carbonyl (C=O) groups excluding carboxylic acids is 1. The number of aliphatic hydroxyl groups is 1. The van der Waals surface area contributed by atoms with Gasteiger partial charge in [0.25, 0.3) is 0 Å². The lowest BCUT2D eigenvalue weighted by Gasteiger charge is -2.24. The Morgan fingerprint density at radius 2 is 2.21 bits per heavy atom. The second-order valence-electron chi connectivity index (χ2n) is 4.46. The number of para-hydroxylation sites is 2. The molecule has 5 heteroatoms. The highest BCUT2D eigenvalue weighted by Gasteiger charge is 2.21. The van der Waals surface area contributed by atoms with Crippen LogP contribution in [0.2, 0.25) is 0 Å². The van der Waals surface area contributed by atoms with Gasteiger partial charge in [0.1, 0.15) is 6.04 Å². The molecule has 0 aliphatic heterocycles. The number of amides is 1. The predicted molar refractivity (Wildman–Crippen MR) is 73.8 cm³/mol. The van der Waals surface area contributed by atoms with Gasteiger partial charge in [-0.05, 0) is 26.0 Å². The van der Waals surface area contributed by atoms with Crippen molar-refractivity contribution in [1.82, 2.24) is 14.5 Å². The zero-order valence-corrected chi connectivity index (χ0v) is 11.3. The third-order valence-corrected chi connectivity index (χ3v) is 3.32. The molecule has 0 bridgehead atoms. The molecule has 1 N–H and O–H groups in total. The summed E-state index contributed by atoms with van der Waals surface area (Å²) >= 11 is 0. The lowest BCUT2D eigenvalue weighted by molar-refractivity contribution is -0.134. The molecule has 0 aliphatic carbocycles. The van der Waals surface area contributed by atoms with Gasteiger partial charge in [0.05, 0.1) is 24.0 Å². The van der Waals surface area contributed by atoms with Crippen molar-refractivity contribution in [3.05, 3.63) is 30.6 Å². The number of benzene rings is 1. The molecule has 0 saturated heterocycles. The van der Waals surface area contributed by atoms with E-state index in [9.17, 15) is 4.79 Å². The topological polar surface area (TPSA) is 58.4 Å². The number of imidazole rings is 1. The fourth-order valence-corrected chi connectivity index (χ4v) is 2.21. The van der Waals surface area contributed by atoms with E-state index >= 15 is 0 Å². The van der Waals surface area contributed by atoms with Gasteiger partial charge in [-0.15, -0.1) is 0 Å². The third-order valence-electron chi connectivity index (χ3n) is 3.32. The molecule has 2 rings (SSSR count). The van der Waals surface area contributed by atoms with Crippen LogP contribution in [-0.4, -0.2) is 45.2 Å². The largest absolute Gasteiger partial charge is 0.395 e. The van der Waals surface area contributed by atoms with Crippen LogP contribution in [0, 0.1) is 0 Å². The first-order valence-electron chi connectivity index (χ1n) is 6.50. The summed E-state index contributed by atoms with van der Waals surface area (Å²) < 4.78 is 1.87. The van der Waals surface area contributed by atoms with E-state index in [1.54, 1.807) is 11.2 Å². The Bertz CT molecular complexity index is 565. The number of nitrogens with zero attached hydrogens (tertiary/aromatic N) is 3. The van der Waals surface area contributed by atoms with Crippen molar-refractivity contribution in [1.29, 1.82) is 0 Å². The Kier molecular flexibility index (Phi) is 4.16. The van der Waals surface area contributed by atoms with Crippen LogP contribution in [0.3, 0.4) is 0 Å². The van der Waals surface area contributed by atoms with Gasteiger partial charge in [-0.2, -0.15) is 0 Å². The highest BCUT2D eigenvalue weighted by Crippen LogP contribution is 2.18. The molecule has 1 heterocycles. The monoisotopic (exact) mass is 261 g/mol. The van der Waals surface area contributed by atoms with E-state index < -0.39 is 0 Å². The summed E-state index contributed by atoms with van der Waals surface area (Å²) in [5.41, 5.74) is 1.83. The average Bonchev–Trinajstić information content (AvgIpc) is 2.87. The van der Waals surface area contributed by atoms with E-state index in [0.29, 0.717) is 13.1 Å². The molecule has 1 atom stereocenters. The van der Waals surface area contributed by atoms with Gasteiger partial charge in [-0.3, -0.25) is 4.79 Å². The van der Waals surface area contributed by atoms with Crippen molar-refractivity contribution in [2.75, 3.05) is 19.7 Å². The molecule has 1 aromatic heterocycles. The van der Waals surface area contributed by atoms with Crippen LogP contribution < -0.4 is 0 Å². The van der Waals surface area contributed by atoms with Crippen molar-refractivity contribution in [2.45, 2.75) is 19.9 Å². The smallest absolute Gasteiger partial charge is 0.245 e. The second-order valence-corrected chi connectivity index (χ2v) is 4.46. The SMILES string of the molecule is CCN(CCO)C(=O)C(C)n1cnc2ccccc21. The van der Waals surface area contributed by atoms with Gasteiger partial charge in [0.2, 0.25) is 5.91 Å². The highest BCUT2D eigenvalue weighted by atomic mass is 16.3. The van der Waals surface area contributed by atoms with Crippen LogP contribution in [0.15, 0.2) is 30.6 Å². The first kappa shape index (κ1) is 13.5. The number of hydrogen-bond donors (Lipinski definition) is 1. The van der Waals surface area contributed by atoms with E-state index in [4.69, 9.17) is 5.11 Å². The quantitative estimate of drug-likeness (QED) is 0.886. The van der Waals surface area contributed by atoms with Crippen LogP contribution in [0.4, 0.5) is 0 Å². The molecule has 2 aromatic rings. The second kappa shape index (κ2) is 5.84. The summed E-state index contributed by atoms with van der Waals surface area (Å²) in [7, 11) is 0. The fraction of sp³-hybridized carbons (Fsp3) is 0.429. The Balaban J connectivity index is 2.28. The molecule has 5 nitrogen and oxygen atoms in total. The number of rotatable bonds is 5. The van der Waals surface area contributed by atoms with E-state index in [0.717, 1.165) is 11.0 Å². The van der Waals surface area contributed by atoms with Crippen molar-refractivity contribution in [3.63, 3.8) is 0 Å². The minimum Gasteiger partial charge on any atom is -0.395 e. The molecule has 19 heavy (non-hydrogen) atoms. The van der Waals surface area contributed by atoms with Crippen molar-refractivity contribution in [2.24, 2.45) is 0 Å². The summed E-state index contributed by atoms with van der Waals surface area (Å²) in [6.45, 7) is 4.71. The normalized spacial score (nSPS) is 12.6. The summed E-state index contributed by atoms with van der Waals surface area (Å²) in [5, 5.41) is 8.99. The molecule has 0 fully saturated rings. The molecule has 1 unspecified atom stereocenters. The number of carbonyl (C=O) groups is 1. The van der Waals surface area contributed by atoms with Gasteiger partial charge in [0, 0.05) is 13.1 Å². The fourth-order valence-electron chi connectivity index (χ4n) is 2.21. The van der Waals surface area contributed by atoms with Crippen molar-refractivity contribution >= 4 is 16.9 Å². The number of aromatic nitrogens is 2. The summed E-state index contributed by atoms with van der Waals surface area (Å²) in [6, 6.07) is 7.42. The molecule has 1 aromatic carbocycles. The van der Waals surface area contributed by atoms with Gasteiger partial charge in [-0.25, -0.2) is 4.98 Å². The Morgan fingerprint density at radius 1 is 1.47 bits per heavy atom. The molecule has 0 aliphatic rings. The van der Waals surface area contributed by atoms with Gasteiger partial charge in [0.15, 0.2) is 0 Å². The molecule has 0 spiro atoms. The van der Waals surface area contributed by atoms with Gasteiger partial charge < -0.3 is 14.6 Å². The zero-order valence-electron chi connectivity index (χ0n) is 11.3. The van der Waals surface area contributed by atoms with Crippen LogP contribution in [-0.2, 0) is 4.79 Å². The van der Waals surface area contributed by atoms with Crippen molar-refractivity contribution in [3.8, 4) is 0 Å². The number of fused-ring (bicyclic) bond motifs is 1. The third kappa shape index (κ3) is 2.61. The van der Waals surface area contributed by atoms with E-state index in [1.807, 2.05) is 42.7 Å². The lowest BCUT2D eigenvalue weighted by atomic mass is 10.2. The Morgan fingerprint density at radius 3 is 2.89 bits per heavy atom. The molecular formula is C14H19N3O2. The number of likely N-dealkylation sites (N-methyl/N-ethyl adjacent to an activating group) is 1. The predicted octanol–water partition coefficient (Wildman–Crippen LogP) is 1.44. The summed E-state index contributed by atoms with van der Waals surface area (Å²) in [4.78, 5) is 18.3. The lowest BCUT2D eigenvalue weighted by Crippen LogP contribution is -2.37. The van der Waals surface area contributed by atoms with Crippen LogP contribution in [0.25, 0.3) is 11.0 Å². The van der Waals surface area contributed by atoms with Gasteiger partial charge in [-0.1, -0.05) is 12.1 Å². The maximum Gasteiger partial charge on any atom is 0.245 e. The maximum absolute atomic E-state index is 12.4. The van der Waals surface area contributed by atoms with Crippen LogP contribution in [0.5, 0.6) is 0 Å². The molecule has 102 valence electrons. The molecule has 0 saturated carbocycles. The van der Waals surface area contributed by atoms with Crippen LogP contribution in [0.1, 0.15) is 19.9 Å². The number of hydrogen-bond acceptors (Lipinski definition) is 3. The van der Waals surface area contributed by atoms with Crippen LogP contribution >= 0.6 is 0 Å². The van der Waals surface area contributed by atoms with Gasteiger partial charge >= 0.3 is 0 Å². The average molecular weight is 261 g/mol. The number of aliphatic hydroxyl groups excluding tert-OH is 1. The van der Waals surface area contributed by atoms with Crippen molar-refractivity contribution < 1.29 is 9.90 Å². The summed E-state index contributed by atoms with van der Waals surface area (Å²) in [5.74, 6) is -0.000275. The maximum atomic E-state index is 12.4. The Labute approximate surface area is 112 Å². The van der Waals surface area contributed by atoms with E-state index in [1.165, 1.54) is 0 Å².